The molecule has 0 bridgehead atoms. The molecule has 0 spiro atoms. The topological polar surface area (TPSA) is 61.6 Å². The molecule has 1 amide bonds. The molecule has 0 aromatic rings. The summed E-state index contributed by atoms with van der Waals surface area (Å²) < 4.78 is 9.53. The third-order valence-electron chi connectivity index (χ3n) is 0.911. The van der Waals surface area contributed by atoms with Crippen LogP contribution in [-0.2, 0) is 9.47 Å². The van der Waals surface area contributed by atoms with Gasteiger partial charge in [0.1, 0.15) is 6.61 Å². The summed E-state index contributed by atoms with van der Waals surface area (Å²) in [6, 6.07) is 0. The van der Waals surface area contributed by atoms with Gasteiger partial charge in [0.2, 0.25) is 0 Å². The predicted octanol–water partition coefficient (Wildman–Crippen LogP) is 0.507. The SMILES string of the molecule is CCO[C@@H](C)COC(N)=O. The quantitative estimate of drug-likeness (QED) is 0.630. The van der Waals surface area contributed by atoms with Crippen LogP contribution in [0.15, 0.2) is 0 Å². The highest BCUT2D eigenvalue weighted by molar-refractivity contribution is 5.64. The van der Waals surface area contributed by atoms with Crippen molar-refractivity contribution < 1.29 is 14.3 Å². The minimum absolute atomic E-state index is 0.0718. The molecule has 0 saturated heterocycles. The van der Waals surface area contributed by atoms with E-state index in [1.165, 1.54) is 0 Å². The minimum atomic E-state index is -0.758. The standard InChI is InChI=1S/C6H13NO3/c1-3-9-5(2)4-10-6(7)8/h5H,3-4H2,1-2H3,(H2,7,8)/t5-/m0/s1. The van der Waals surface area contributed by atoms with Gasteiger partial charge in [-0.1, -0.05) is 0 Å². The molecule has 0 aliphatic heterocycles. The summed E-state index contributed by atoms with van der Waals surface area (Å²) in [5.74, 6) is 0. The van der Waals surface area contributed by atoms with E-state index in [9.17, 15) is 4.79 Å². The highest BCUT2D eigenvalue weighted by atomic mass is 16.6. The van der Waals surface area contributed by atoms with E-state index in [-0.39, 0.29) is 12.7 Å². The molecule has 0 aromatic heterocycles. The summed E-state index contributed by atoms with van der Waals surface area (Å²) in [6.07, 6.45) is -0.830. The molecule has 1 atom stereocenters. The van der Waals surface area contributed by atoms with Crippen molar-refractivity contribution in [1.82, 2.24) is 0 Å². The van der Waals surface area contributed by atoms with Gasteiger partial charge in [-0.25, -0.2) is 4.79 Å². The first-order valence-corrected chi connectivity index (χ1v) is 3.20. The van der Waals surface area contributed by atoms with Gasteiger partial charge in [0.15, 0.2) is 0 Å². The lowest BCUT2D eigenvalue weighted by Crippen LogP contribution is -2.22. The molecule has 4 heteroatoms. The molecule has 0 heterocycles. The number of amides is 1. The predicted molar refractivity (Wildman–Crippen MR) is 36.6 cm³/mol. The maximum atomic E-state index is 10.1. The van der Waals surface area contributed by atoms with Crippen molar-refractivity contribution >= 4 is 6.09 Å². The molecule has 0 aliphatic carbocycles. The monoisotopic (exact) mass is 147 g/mol. The van der Waals surface area contributed by atoms with Crippen molar-refractivity contribution in [2.75, 3.05) is 13.2 Å². The van der Waals surface area contributed by atoms with Gasteiger partial charge in [-0.15, -0.1) is 0 Å². The maximum Gasteiger partial charge on any atom is 0.404 e. The molecule has 0 unspecified atom stereocenters. The molecule has 0 fully saturated rings. The van der Waals surface area contributed by atoms with Crippen molar-refractivity contribution in [1.29, 1.82) is 0 Å². The van der Waals surface area contributed by atoms with E-state index >= 15 is 0 Å². The molecule has 0 radical (unpaired) electrons. The van der Waals surface area contributed by atoms with E-state index in [1.807, 2.05) is 13.8 Å². The van der Waals surface area contributed by atoms with Crippen LogP contribution in [0, 0.1) is 0 Å². The van der Waals surface area contributed by atoms with Crippen LogP contribution in [0.1, 0.15) is 13.8 Å². The van der Waals surface area contributed by atoms with E-state index in [0.29, 0.717) is 6.61 Å². The second kappa shape index (κ2) is 5.05. The fourth-order valence-electron chi connectivity index (χ4n) is 0.532. The van der Waals surface area contributed by atoms with Crippen molar-refractivity contribution in [3.63, 3.8) is 0 Å². The van der Waals surface area contributed by atoms with Crippen LogP contribution < -0.4 is 5.73 Å². The lowest BCUT2D eigenvalue weighted by molar-refractivity contribution is 0.0243. The summed E-state index contributed by atoms with van der Waals surface area (Å²) in [5, 5.41) is 0. The second-order valence-electron chi connectivity index (χ2n) is 1.90. The van der Waals surface area contributed by atoms with Crippen LogP contribution in [0.3, 0.4) is 0 Å². The third kappa shape index (κ3) is 5.37. The zero-order valence-corrected chi connectivity index (χ0v) is 6.29. The number of hydrogen-bond donors (Lipinski definition) is 1. The smallest absolute Gasteiger partial charge is 0.404 e. The van der Waals surface area contributed by atoms with Crippen LogP contribution in [0.5, 0.6) is 0 Å². The van der Waals surface area contributed by atoms with Gasteiger partial charge in [-0.2, -0.15) is 0 Å². The maximum absolute atomic E-state index is 10.1. The fraction of sp³-hybridized carbons (Fsp3) is 0.833. The number of carbonyl (C=O) groups is 1. The molecule has 4 nitrogen and oxygen atoms in total. The first-order chi connectivity index (χ1) is 4.66. The Morgan fingerprint density at radius 2 is 2.30 bits per heavy atom. The van der Waals surface area contributed by atoms with Gasteiger partial charge in [0, 0.05) is 6.61 Å². The molecule has 2 N–H and O–H groups in total. The number of carbonyl (C=O) groups excluding carboxylic acids is 1. The second-order valence-corrected chi connectivity index (χ2v) is 1.90. The Hall–Kier alpha value is -0.770. The first kappa shape index (κ1) is 9.23. The van der Waals surface area contributed by atoms with Gasteiger partial charge in [-0.3, -0.25) is 0 Å². The number of nitrogens with two attached hydrogens (primary N) is 1. The highest BCUT2D eigenvalue weighted by Crippen LogP contribution is 1.90. The van der Waals surface area contributed by atoms with E-state index in [1.54, 1.807) is 0 Å². The van der Waals surface area contributed by atoms with Crippen molar-refractivity contribution in [2.45, 2.75) is 20.0 Å². The molecule has 0 rings (SSSR count). The van der Waals surface area contributed by atoms with Crippen LogP contribution in [0.25, 0.3) is 0 Å². The Morgan fingerprint density at radius 1 is 1.70 bits per heavy atom. The van der Waals surface area contributed by atoms with Gasteiger partial charge in [-0.05, 0) is 13.8 Å². The van der Waals surface area contributed by atoms with E-state index in [0.717, 1.165) is 0 Å². The Labute approximate surface area is 60.3 Å². The van der Waals surface area contributed by atoms with Gasteiger partial charge in [0.25, 0.3) is 0 Å². The number of ether oxygens (including phenoxy) is 2. The van der Waals surface area contributed by atoms with Gasteiger partial charge < -0.3 is 15.2 Å². The van der Waals surface area contributed by atoms with Crippen LogP contribution in [0.2, 0.25) is 0 Å². The van der Waals surface area contributed by atoms with Crippen molar-refractivity contribution in [3.05, 3.63) is 0 Å². The summed E-state index contributed by atoms with van der Waals surface area (Å²) in [5.41, 5.74) is 4.72. The molecule has 60 valence electrons. The third-order valence-corrected chi connectivity index (χ3v) is 0.911. The normalized spacial score (nSPS) is 12.6. The molecular formula is C6H13NO3. The zero-order valence-electron chi connectivity index (χ0n) is 6.29. The summed E-state index contributed by atoms with van der Waals surface area (Å²) in [6.45, 7) is 4.53. The van der Waals surface area contributed by atoms with Gasteiger partial charge in [0.05, 0.1) is 6.10 Å². The minimum Gasteiger partial charge on any atom is -0.447 e. The zero-order chi connectivity index (χ0) is 7.98. The molecule has 0 saturated carbocycles. The van der Waals surface area contributed by atoms with Gasteiger partial charge >= 0.3 is 6.09 Å². The Balaban J connectivity index is 3.21. The fourth-order valence-corrected chi connectivity index (χ4v) is 0.532. The average Bonchev–Trinajstić information content (AvgIpc) is 1.85. The van der Waals surface area contributed by atoms with Crippen molar-refractivity contribution in [2.24, 2.45) is 5.73 Å². The van der Waals surface area contributed by atoms with E-state index in [2.05, 4.69) is 4.74 Å². The molecule has 0 aromatic carbocycles. The number of primary amides is 1. The highest BCUT2D eigenvalue weighted by Gasteiger charge is 2.01. The molecule has 0 aliphatic rings. The molecular weight excluding hydrogens is 134 g/mol. The Bertz CT molecular complexity index is 105. The summed E-state index contributed by atoms with van der Waals surface area (Å²) in [7, 11) is 0. The van der Waals surface area contributed by atoms with Crippen LogP contribution in [-0.4, -0.2) is 25.4 Å². The lowest BCUT2D eigenvalue weighted by atomic mass is 10.4. The first-order valence-electron chi connectivity index (χ1n) is 3.20. The Kier molecular flexibility index (Phi) is 4.66. The lowest BCUT2D eigenvalue weighted by Gasteiger charge is -2.09. The molecule has 10 heavy (non-hydrogen) atoms. The van der Waals surface area contributed by atoms with E-state index in [4.69, 9.17) is 10.5 Å². The van der Waals surface area contributed by atoms with E-state index < -0.39 is 6.09 Å². The number of hydrogen-bond acceptors (Lipinski definition) is 3. The Morgan fingerprint density at radius 3 is 2.70 bits per heavy atom. The summed E-state index contributed by atoms with van der Waals surface area (Å²) >= 11 is 0. The van der Waals surface area contributed by atoms with Crippen LogP contribution >= 0.6 is 0 Å². The number of rotatable bonds is 4. The van der Waals surface area contributed by atoms with Crippen LogP contribution in [0.4, 0.5) is 4.79 Å². The average molecular weight is 147 g/mol. The largest absolute Gasteiger partial charge is 0.447 e. The van der Waals surface area contributed by atoms with Crippen molar-refractivity contribution in [3.8, 4) is 0 Å². The summed E-state index contributed by atoms with van der Waals surface area (Å²) in [4.78, 5) is 10.1.